The molecule has 1 N–H and O–H groups in total. The van der Waals surface area contributed by atoms with E-state index in [-0.39, 0.29) is 11.5 Å². The number of nitrogens with zero attached hydrogens (tertiary/aromatic N) is 2. The highest BCUT2D eigenvalue weighted by atomic mass is 127. The van der Waals surface area contributed by atoms with E-state index >= 15 is 0 Å². The first-order chi connectivity index (χ1) is 8.41. The summed E-state index contributed by atoms with van der Waals surface area (Å²) in [7, 11) is 0. The van der Waals surface area contributed by atoms with Crippen LogP contribution in [0.25, 0.3) is 5.69 Å². The predicted molar refractivity (Wildman–Crippen MR) is 72.7 cm³/mol. The van der Waals surface area contributed by atoms with Crippen LogP contribution in [0.1, 0.15) is 21.7 Å². The summed E-state index contributed by atoms with van der Waals surface area (Å²) in [5.41, 5.74) is 2.12. The smallest absolute Gasteiger partial charge is 0.357 e. The lowest BCUT2D eigenvalue weighted by Crippen LogP contribution is -2.04. The summed E-state index contributed by atoms with van der Waals surface area (Å²) in [5, 5.41) is 13.1. The minimum Gasteiger partial charge on any atom is -0.476 e. The standard InChI is InChI=1S/C12H10FIN2O2/c1-6-5-8(13)3-4-9(6)16-7(2)10(14)11(15-16)12(17)18/h3-5H,1-2H3,(H,17,18). The molecule has 0 aliphatic heterocycles. The molecule has 18 heavy (non-hydrogen) atoms. The van der Waals surface area contributed by atoms with Crippen molar-refractivity contribution in [3.8, 4) is 5.69 Å². The third-order valence-electron chi connectivity index (χ3n) is 2.63. The number of halogens is 2. The van der Waals surface area contributed by atoms with Crippen LogP contribution >= 0.6 is 22.6 Å². The van der Waals surface area contributed by atoms with Crippen LogP contribution in [0.5, 0.6) is 0 Å². The van der Waals surface area contributed by atoms with Gasteiger partial charge in [-0.2, -0.15) is 5.10 Å². The molecule has 2 rings (SSSR count). The van der Waals surface area contributed by atoms with Gasteiger partial charge in [0.25, 0.3) is 0 Å². The van der Waals surface area contributed by atoms with Crippen molar-refractivity contribution in [3.63, 3.8) is 0 Å². The zero-order valence-electron chi connectivity index (χ0n) is 9.74. The van der Waals surface area contributed by atoms with Gasteiger partial charge in [-0.25, -0.2) is 13.9 Å². The fourth-order valence-electron chi connectivity index (χ4n) is 1.71. The van der Waals surface area contributed by atoms with Crippen molar-refractivity contribution in [2.75, 3.05) is 0 Å². The second-order valence-corrected chi connectivity index (χ2v) is 4.97. The molecule has 0 aliphatic rings. The SMILES string of the molecule is Cc1cc(F)ccc1-n1nc(C(=O)O)c(I)c1C. The predicted octanol–water partition coefficient (Wildman–Crippen LogP) is 2.93. The average Bonchev–Trinajstić information content (AvgIpc) is 2.57. The first-order valence-electron chi connectivity index (χ1n) is 5.16. The van der Waals surface area contributed by atoms with Crippen molar-refractivity contribution in [2.24, 2.45) is 0 Å². The second kappa shape index (κ2) is 4.68. The Balaban J connectivity index is 2.64. The summed E-state index contributed by atoms with van der Waals surface area (Å²) in [6.45, 7) is 3.54. The van der Waals surface area contributed by atoms with E-state index < -0.39 is 5.97 Å². The molecule has 0 saturated carbocycles. The quantitative estimate of drug-likeness (QED) is 0.838. The first-order valence-corrected chi connectivity index (χ1v) is 6.24. The molecule has 4 nitrogen and oxygen atoms in total. The molecule has 0 unspecified atom stereocenters. The summed E-state index contributed by atoms with van der Waals surface area (Å²) >= 11 is 1.95. The van der Waals surface area contributed by atoms with Crippen LogP contribution in [0.2, 0.25) is 0 Å². The first kappa shape index (κ1) is 13.0. The highest BCUT2D eigenvalue weighted by Crippen LogP contribution is 2.22. The summed E-state index contributed by atoms with van der Waals surface area (Å²) in [4.78, 5) is 11.0. The number of aromatic nitrogens is 2. The largest absolute Gasteiger partial charge is 0.476 e. The zero-order valence-corrected chi connectivity index (χ0v) is 11.9. The normalized spacial score (nSPS) is 10.7. The number of aromatic carboxylic acids is 1. The Labute approximate surface area is 117 Å². The number of hydrogen-bond acceptors (Lipinski definition) is 2. The molecule has 0 aliphatic carbocycles. The Morgan fingerprint density at radius 2 is 2.11 bits per heavy atom. The molecule has 0 spiro atoms. The Kier molecular flexibility index (Phi) is 3.38. The molecule has 94 valence electrons. The van der Waals surface area contributed by atoms with E-state index in [9.17, 15) is 9.18 Å². The molecular formula is C12H10FIN2O2. The monoisotopic (exact) mass is 360 g/mol. The number of carbonyl (C=O) groups is 1. The maximum atomic E-state index is 13.1. The summed E-state index contributed by atoms with van der Waals surface area (Å²) < 4.78 is 15.2. The van der Waals surface area contributed by atoms with Crippen LogP contribution in [0.4, 0.5) is 4.39 Å². The van der Waals surface area contributed by atoms with Gasteiger partial charge in [-0.15, -0.1) is 0 Å². The molecule has 1 heterocycles. The fourth-order valence-corrected chi connectivity index (χ4v) is 2.28. The molecule has 0 atom stereocenters. The molecule has 0 amide bonds. The lowest BCUT2D eigenvalue weighted by molar-refractivity contribution is 0.0689. The number of carboxylic acid groups (broad SMARTS) is 1. The van der Waals surface area contributed by atoms with Gasteiger partial charge in [0, 0.05) is 0 Å². The van der Waals surface area contributed by atoms with E-state index in [1.807, 2.05) is 22.6 Å². The summed E-state index contributed by atoms with van der Waals surface area (Å²) in [6, 6.07) is 4.31. The number of rotatable bonds is 2. The summed E-state index contributed by atoms with van der Waals surface area (Å²) in [6.07, 6.45) is 0. The van der Waals surface area contributed by atoms with E-state index in [0.29, 0.717) is 14.8 Å². The zero-order chi connectivity index (χ0) is 13.4. The van der Waals surface area contributed by atoms with E-state index in [1.54, 1.807) is 19.9 Å². The number of benzene rings is 1. The van der Waals surface area contributed by atoms with Gasteiger partial charge in [-0.3, -0.25) is 0 Å². The van der Waals surface area contributed by atoms with E-state index in [0.717, 1.165) is 5.69 Å². The van der Waals surface area contributed by atoms with Crippen LogP contribution in [0, 0.1) is 23.2 Å². The number of carboxylic acids is 1. The van der Waals surface area contributed by atoms with Crippen molar-refractivity contribution in [1.29, 1.82) is 0 Å². The maximum absolute atomic E-state index is 13.1. The van der Waals surface area contributed by atoms with Crippen LogP contribution in [-0.2, 0) is 0 Å². The molecule has 0 bridgehead atoms. The number of aryl methyl sites for hydroxylation is 1. The van der Waals surface area contributed by atoms with E-state index in [1.165, 1.54) is 16.8 Å². The molecule has 0 fully saturated rings. The Morgan fingerprint density at radius 1 is 1.44 bits per heavy atom. The van der Waals surface area contributed by atoms with Crippen molar-refractivity contribution >= 4 is 28.6 Å². The minimum absolute atomic E-state index is 0.0109. The maximum Gasteiger partial charge on any atom is 0.357 e. The van der Waals surface area contributed by atoms with Gasteiger partial charge in [0.1, 0.15) is 5.82 Å². The molecule has 2 aromatic rings. The van der Waals surface area contributed by atoms with Crippen molar-refractivity contribution < 1.29 is 14.3 Å². The molecule has 0 radical (unpaired) electrons. The fraction of sp³-hybridized carbons (Fsp3) is 0.167. The Hall–Kier alpha value is -1.44. The van der Waals surface area contributed by atoms with Gasteiger partial charge in [-0.1, -0.05) is 0 Å². The minimum atomic E-state index is -1.07. The highest BCUT2D eigenvalue weighted by molar-refractivity contribution is 14.1. The third-order valence-corrected chi connectivity index (χ3v) is 3.92. The van der Waals surface area contributed by atoms with Gasteiger partial charge in [0.05, 0.1) is 15.0 Å². The topological polar surface area (TPSA) is 55.1 Å². The van der Waals surface area contributed by atoms with Gasteiger partial charge in [0.2, 0.25) is 0 Å². The van der Waals surface area contributed by atoms with Gasteiger partial charge in [-0.05, 0) is 60.2 Å². The van der Waals surface area contributed by atoms with Crippen molar-refractivity contribution in [1.82, 2.24) is 9.78 Å². The van der Waals surface area contributed by atoms with E-state index in [2.05, 4.69) is 5.10 Å². The highest BCUT2D eigenvalue weighted by Gasteiger charge is 2.19. The number of hydrogen-bond donors (Lipinski definition) is 1. The molecule has 0 saturated heterocycles. The van der Waals surface area contributed by atoms with Crippen LogP contribution < -0.4 is 0 Å². The van der Waals surface area contributed by atoms with Crippen molar-refractivity contribution in [3.05, 3.63) is 44.5 Å². The van der Waals surface area contributed by atoms with Gasteiger partial charge in [0.15, 0.2) is 5.69 Å². The summed E-state index contributed by atoms with van der Waals surface area (Å²) in [5.74, 6) is -1.39. The third kappa shape index (κ3) is 2.12. The van der Waals surface area contributed by atoms with E-state index in [4.69, 9.17) is 5.11 Å². The van der Waals surface area contributed by atoms with Crippen LogP contribution in [-0.4, -0.2) is 20.9 Å². The Morgan fingerprint density at radius 3 is 2.61 bits per heavy atom. The van der Waals surface area contributed by atoms with Crippen molar-refractivity contribution in [2.45, 2.75) is 13.8 Å². The lowest BCUT2D eigenvalue weighted by atomic mass is 10.2. The molecule has 1 aromatic heterocycles. The van der Waals surface area contributed by atoms with Crippen LogP contribution in [0.3, 0.4) is 0 Å². The molecule has 1 aromatic carbocycles. The van der Waals surface area contributed by atoms with Gasteiger partial charge >= 0.3 is 5.97 Å². The Bertz CT molecular complexity index is 637. The van der Waals surface area contributed by atoms with Crippen LogP contribution in [0.15, 0.2) is 18.2 Å². The second-order valence-electron chi connectivity index (χ2n) is 3.90. The molecule has 6 heteroatoms. The lowest BCUT2D eigenvalue weighted by Gasteiger charge is -2.07. The van der Waals surface area contributed by atoms with Gasteiger partial charge < -0.3 is 5.11 Å². The molecular weight excluding hydrogens is 350 g/mol. The average molecular weight is 360 g/mol.